The summed E-state index contributed by atoms with van der Waals surface area (Å²) >= 11 is 0. The maximum Gasteiger partial charge on any atom is 0.282 e. The molecule has 1 amide bonds. The van der Waals surface area contributed by atoms with E-state index in [0.29, 0.717) is 36.8 Å². The average molecular weight is 482 g/mol. The van der Waals surface area contributed by atoms with Crippen molar-refractivity contribution in [2.45, 2.75) is 18.9 Å². The molecule has 4 aromatic rings. The summed E-state index contributed by atoms with van der Waals surface area (Å²) in [5.74, 6) is -3.41. The first-order chi connectivity index (χ1) is 16.8. The maximum absolute atomic E-state index is 14.5. The van der Waals surface area contributed by atoms with E-state index in [1.807, 2.05) is 17.0 Å². The van der Waals surface area contributed by atoms with Crippen molar-refractivity contribution in [1.29, 1.82) is 0 Å². The van der Waals surface area contributed by atoms with Crippen molar-refractivity contribution >= 4 is 34.3 Å². The number of rotatable bonds is 4. The zero-order valence-corrected chi connectivity index (χ0v) is 18.7. The van der Waals surface area contributed by atoms with E-state index in [-0.39, 0.29) is 5.82 Å². The number of hydrogen-bond donors (Lipinski definition) is 2. The van der Waals surface area contributed by atoms with Crippen molar-refractivity contribution in [3.63, 3.8) is 0 Å². The first-order valence-electron chi connectivity index (χ1n) is 11.1. The molecule has 6 rings (SSSR count). The van der Waals surface area contributed by atoms with Crippen LogP contribution in [0.15, 0.2) is 36.7 Å². The molecule has 12 heteroatoms. The van der Waals surface area contributed by atoms with Gasteiger partial charge in [0.25, 0.3) is 11.8 Å². The van der Waals surface area contributed by atoms with Crippen molar-refractivity contribution in [2.24, 2.45) is 7.05 Å². The van der Waals surface area contributed by atoms with Crippen molar-refractivity contribution in [3.8, 4) is 0 Å². The van der Waals surface area contributed by atoms with E-state index in [4.69, 9.17) is 0 Å². The molecule has 1 saturated heterocycles. The summed E-state index contributed by atoms with van der Waals surface area (Å²) in [5.41, 5.74) is 3.76. The summed E-state index contributed by atoms with van der Waals surface area (Å²) in [4.78, 5) is 24.3. The van der Waals surface area contributed by atoms with E-state index in [0.717, 1.165) is 33.3 Å². The Balaban J connectivity index is 1.23. The minimum atomic E-state index is -2.81. The highest BCUT2D eigenvalue weighted by Crippen LogP contribution is 2.31. The molecule has 0 spiro atoms. The van der Waals surface area contributed by atoms with Crippen LogP contribution in [0.25, 0.3) is 10.9 Å². The van der Waals surface area contributed by atoms with Gasteiger partial charge in [-0.3, -0.25) is 9.89 Å². The van der Waals surface area contributed by atoms with Crippen molar-refractivity contribution in [2.75, 3.05) is 29.9 Å². The van der Waals surface area contributed by atoms with Crippen LogP contribution in [-0.4, -0.2) is 61.1 Å². The highest BCUT2D eigenvalue weighted by atomic mass is 19.3. The number of benzene rings is 1. The number of fused-ring (bicyclic) bond motifs is 2. The lowest BCUT2D eigenvalue weighted by Crippen LogP contribution is -2.58. The van der Waals surface area contributed by atoms with Gasteiger partial charge in [0.1, 0.15) is 5.69 Å². The van der Waals surface area contributed by atoms with Crippen LogP contribution in [-0.2, 0) is 20.0 Å². The zero-order chi connectivity index (χ0) is 24.3. The Morgan fingerprint density at radius 3 is 2.83 bits per heavy atom. The highest BCUT2D eigenvalue weighted by Gasteiger charge is 2.47. The number of amides is 1. The van der Waals surface area contributed by atoms with Gasteiger partial charge in [0, 0.05) is 30.4 Å². The summed E-state index contributed by atoms with van der Waals surface area (Å²) in [7, 11) is 1.75. The minimum Gasteiger partial charge on any atom is -0.342 e. The van der Waals surface area contributed by atoms with Gasteiger partial charge in [-0.25, -0.2) is 18.2 Å². The number of alkyl halides is 2. The van der Waals surface area contributed by atoms with Gasteiger partial charge in [-0.1, -0.05) is 0 Å². The van der Waals surface area contributed by atoms with Crippen molar-refractivity contribution in [1.82, 2.24) is 29.6 Å². The topological polar surface area (TPSA) is 95.0 Å². The molecular formula is C23H21F3N8O. The van der Waals surface area contributed by atoms with Gasteiger partial charge in [-0.15, -0.1) is 0 Å². The van der Waals surface area contributed by atoms with Crippen LogP contribution >= 0.6 is 0 Å². The molecule has 0 bridgehead atoms. The van der Waals surface area contributed by atoms with E-state index in [9.17, 15) is 18.0 Å². The third kappa shape index (κ3) is 3.74. The van der Waals surface area contributed by atoms with Gasteiger partial charge in [0.2, 0.25) is 5.95 Å². The second-order valence-corrected chi connectivity index (χ2v) is 8.91. The number of hydrogen-bond acceptors (Lipinski definition) is 6. The third-order valence-corrected chi connectivity index (χ3v) is 6.51. The third-order valence-electron chi connectivity index (χ3n) is 6.51. The number of aromatic nitrogens is 5. The molecule has 0 unspecified atom stereocenters. The molecular weight excluding hydrogens is 461 g/mol. The summed E-state index contributed by atoms with van der Waals surface area (Å²) in [6, 6.07) is 7.25. The lowest BCUT2D eigenvalue weighted by molar-refractivity contribution is -0.113. The SMILES string of the molecule is Cn1c(C(=O)N2CC(F)(F)C2)cc2c1CN(c1ncc(F)c(Nc3ccc4[nH]ncc4c3)n1)CC2. The van der Waals surface area contributed by atoms with Gasteiger partial charge >= 0.3 is 0 Å². The second-order valence-electron chi connectivity index (χ2n) is 8.91. The van der Waals surface area contributed by atoms with Crippen LogP contribution in [0.3, 0.4) is 0 Å². The van der Waals surface area contributed by atoms with Gasteiger partial charge < -0.3 is 19.7 Å². The number of nitrogens with zero attached hydrogens (tertiary/aromatic N) is 6. The molecule has 1 fully saturated rings. The van der Waals surface area contributed by atoms with Crippen LogP contribution in [0.1, 0.15) is 21.7 Å². The smallest absolute Gasteiger partial charge is 0.282 e. The number of likely N-dealkylation sites (tertiary alicyclic amines) is 1. The Morgan fingerprint density at radius 1 is 1.20 bits per heavy atom. The number of carbonyl (C=O) groups excluding carboxylic acids is 1. The summed E-state index contributed by atoms with van der Waals surface area (Å²) in [6.45, 7) is -0.138. The Hall–Kier alpha value is -4.09. The zero-order valence-electron chi connectivity index (χ0n) is 18.7. The Labute approximate surface area is 197 Å². The van der Waals surface area contributed by atoms with Crippen molar-refractivity contribution in [3.05, 3.63) is 59.4 Å². The molecule has 2 aliphatic heterocycles. The molecule has 0 aliphatic carbocycles. The Morgan fingerprint density at radius 2 is 2.03 bits per heavy atom. The first kappa shape index (κ1) is 21.4. The maximum atomic E-state index is 14.5. The molecule has 0 atom stereocenters. The van der Waals surface area contributed by atoms with Gasteiger partial charge in [0.05, 0.1) is 37.5 Å². The van der Waals surface area contributed by atoms with Gasteiger partial charge in [-0.05, 0) is 36.2 Å². The molecule has 0 radical (unpaired) electrons. The van der Waals surface area contributed by atoms with Crippen LogP contribution in [0, 0.1) is 5.82 Å². The van der Waals surface area contributed by atoms with Crippen molar-refractivity contribution < 1.29 is 18.0 Å². The molecule has 2 aliphatic rings. The van der Waals surface area contributed by atoms with E-state index >= 15 is 0 Å². The number of aromatic amines is 1. The molecule has 9 nitrogen and oxygen atoms in total. The lowest BCUT2D eigenvalue weighted by Gasteiger charge is -2.38. The largest absolute Gasteiger partial charge is 0.342 e. The monoisotopic (exact) mass is 482 g/mol. The standard InChI is InChI=1S/C23H21F3N8O/c1-32-18(21(35)34-11-23(25,26)12-34)7-13-4-5-33(10-19(13)32)22-27-9-16(24)20(30-22)29-15-2-3-17-14(6-15)8-28-31-17/h2-3,6-9H,4-5,10-12H2,1H3,(H,28,31)(H,27,29,30). The van der Waals surface area contributed by atoms with E-state index in [1.165, 1.54) is 0 Å². The van der Waals surface area contributed by atoms with E-state index in [1.54, 1.807) is 29.9 Å². The quantitative estimate of drug-likeness (QED) is 0.464. The van der Waals surface area contributed by atoms with Crippen LogP contribution < -0.4 is 10.2 Å². The fraction of sp³-hybridized carbons (Fsp3) is 0.304. The molecule has 1 aromatic carbocycles. The highest BCUT2D eigenvalue weighted by molar-refractivity contribution is 5.94. The van der Waals surface area contributed by atoms with Crippen LogP contribution in [0.5, 0.6) is 0 Å². The Kier molecular flexibility index (Phi) is 4.73. The summed E-state index contributed by atoms with van der Waals surface area (Å²) in [5, 5.41) is 10.7. The summed E-state index contributed by atoms with van der Waals surface area (Å²) in [6.07, 6.45) is 3.42. The predicted octanol–water partition coefficient (Wildman–Crippen LogP) is 3.23. The van der Waals surface area contributed by atoms with Crippen LogP contribution in [0.4, 0.5) is 30.6 Å². The molecule has 5 heterocycles. The summed E-state index contributed by atoms with van der Waals surface area (Å²) < 4.78 is 42.7. The normalized spacial score (nSPS) is 16.8. The number of carbonyl (C=O) groups is 1. The molecule has 2 N–H and O–H groups in total. The molecule has 35 heavy (non-hydrogen) atoms. The number of anilines is 3. The van der Waals surface area contributed by atoms with E-state index in [2.05, 4.69) is 25.5 Å². The lowest BCUT2D eigenvalue weighted by atomic mass is 10.1. The second kappa shape index (κ2) is 7.72. The predicted molar refractivity (Wildman–Crippen MR) is 122 cm³/mol. The molecule has 3 aromatic heterocycles. The number of H-pyrrole nitrogens is 1. The molecule has 180 valence electrons. The van der Waals surface area contributed by atoms with Gasteiger partial charge in [-0.2, -0.15) is 10.1 Å². The first-order valence-corrected chi connectivity index (χ1v) is 11.1. The number of halogens is 3. The number of nitrogens with one attached hydrogen (secondary N) is 2. The van der Waals surface area contributed by atoms with E-state index < -0.39 is 30.7 Å². The van der Waals surface area contributed by atoms with Crippen LogP contribution in [0.2, 0.25) is 0 Å². The fourth-order valence-corrected chi connectivity index (χ4v) is 4.59. The fourth-order valence-electron chi connectivity index (χ4n) is 4.59. The Bertz CT molecular complexity index is 1450. The molecule has 0 saturated carbocycles. The van der Waals surface area contributed by atoms with Gasteiger partial charge in [0.15, 0.2) is 11.6 Å². The average Bonchev–Trinajstić information content (AvgIpc) is 3.42. The minimum absolute atomic E-state index is 0.0464.